The first-order valence-corrected chi connectivity index (χ1v) is 10.6. The highest BCUT2D eigenvalue weighted by atomic mass is 35.5. The predicted octanol–water partition coefficient (Wildman–Crippen LogP) is 3.76. The van der Waals surface area contributed by atoms with E-state index in [-0.39, 0.29) is 35.8 Å². The van der Waals surface area contributed by atoms with Crippen molar-refractivity contribution in [2.75, 3.05) is 11.9 Å². The molecule has 0 radical (unpaired) electrons. The van der Waals surface area contributed by atoms with E-state index in [9.17, 15) is 14.4 Å². The maximum atomic E-state index is 13.1. The van der Waals surface area contributed by atoms with E-state index in [4.69, 9.17) is 27.5 Å². The Morgan fingerprint density at radius 2 is 1.91 bits per heavy atom. The molecule has 32 heavy (non-hydrogen) atoms. The number of amidine groups is 1. The third kappa shape index (κ3) is 4.34. The summed E-state index contributed by atoms with van der Waals surface area (Å²) in [5, 5.41) is 9.95. The first-order valence-electron chi connectivity index (χ1n) is 9.44. The van der Waals surface area contributed by atoms with Crippen LogP contribution in [0.4, 0.5) is 5.69 Å². The molecule has 1 aliphatic heterocycles. The zero-order chi connectivity index (χ0) is 22.8. The third-order valence-electron chi connectivity index (χ3n) is 4.68. The van der Waals surface area contributed by atoms with Crippen LogP contribution in [-0.2, 0) is 6.54 Å². The van der Waals surface area contributed by atoms with Gasteiger partial charge in [0.2, 0.25) is 0 Å². The average Bonchev–Trinajstić information content (AvgIpc) is 3.30. The fourth-order valence-electron chi connectivity index (χ4n) is 3.28. The lowest BCUT2D eigenvalue weighted by Gasteiger charge is -2.15. The second-order valence-electron chi connectivity index (χ2n) is 6.94. The van der Waals surface area contributed by atoms with E-state index in [1.807, 2.05) is 0 Å². The monoisotopic (exact) mass is 468 g/mol. The van der Waals surface area contributed by atoms with Crippen molar-refractivity contribution in [3.8, 4) is 5.75 Å². The van der Waals surface area contributed by atoms with Gasteiger partial charge in [0.1, 0.15) is 18.2 Å². The standard InChI is InChI=1S/C22H17ClN4O4S/c23-17-8-7-16(32-17)20(28)26-15-6-2-5-14-19(15)22(30)27(21(14)29)10-12-3-1-4-13(9-12)31-11-18(24)25/h1-9H,10-11H2,(H3,24,25)(H,26,28). The molecule has 0 aliphatic carbocycles. The van der Waals surface area contributed by atoms with Crippen LogP contribution in [0.1, 0.15) is 36.0 Å². The summed E-state index contributed by atoms with van der Waals surface area (Å²) in [6, 6.07) is 14.8. The molecular weight excluding hydrogens is 452 g/mol. The Balaban J connectivity index is 1.55. The smallest absolute Gasteiger partial charge is 0.265 e. The lowest BCUT2D eigenvalue weighted by atomic mass is 10.1. The number of benzene rings is 2. The number of carbonyl (C=O) groups is 3. The minimum atomic E-state index is -0.500. The Hall–Kier alpha value is -3.69. The van der Waals surface area contributed by atoms with Crippen molar-refractivity contribution in [2.24, 2.45) is 5.73 Å². The van der Waals surface area contributed by atoms with Gasteiger partial charge < -0.3 is 15.8 Å². The number of nitrogens with two attached hydrogens (primary N) is 1. The average molecular weight is 469 g/mol. The van der Waals surface area contributed by atoms with Crippen molar-refractivity contribution < 1.29 is 19.1 Å². The van der Waals surface area contributed by atoms with Crippen LogP contribution in [0.5, 0.6) is 5.75 Å². The number of fused-ring (bicyclic) bond motifs is 1. The predicted molar refractivity (Wildman–Crippen MR) is 122 cm³/mol. The number of anilines is 1. The molecule has 0 fully saturated rings. The Bertz CT molecular complexity index is 1260. The zero-order valence-electron chi connectivity index (χ0n) is 16.6. The highest BCUT2D eigenvalue weighted by Crippen LogP contribution is 2.32. The summed E-state index contributed by atoms with van der Waals surface area (Å²) >= 11 is 7.01. The van der Waals surface area contributed by atoms with E-state index in [1.54, 1.807) is 54.6 Å². The van der Waals surface area contributed by atoms with E-state index in [2.05, 4.69) is 5.32 Å². The first kappa shape index (κ1) is 21.5. The molecule has 1 aromatic heterocycles. The summed E-state index contributed by atoms with van der Waals surface area (Å²) in [4.78, 5) is 40.1. The second kappa shape index (κ2) is 8.81. The number of imide groups is 1. The van der Waals surface area contributed by atoms with Gasteiger partial charge in [-0.2, -0.15) is 0 Å². The molecule has 2 heterocycles. The highest BCUT2D eigenvalue weighted by molar-refractivity contribution is 7.18. The van der Waals surface area contributed by atoms with Crippen LogP contribution in [0.2, 0.25) is 4.34 Å². The summed E-state index contributed by atoms with van der Waals surface area (Å²) in [5.74, 6) is -1.01. The summed E-state index contributed by atoms with van der Waals surface area (Å²) in [5.41, 5.74) is 6.61. The Kier molecular flexibility index (Phi) is 5.93. The number of carbonyl (C=O) groups excluding carboxylic acids is 3. The summed E-state index contributed by atoms with van der Waals surface area (Å²) < 4.78 is 5.87. The van der Waals surface area contributed by atoms with Crippen molar-refractivity contribution in [2.45, 2.75) is 6.54 Å². The number of ether oxygens (including phenoxy) is 1. The fourth-order valence-corrected chi connectivity index (χ4v) is 4.22. The van der Waals surface area contributed by atoms with Gasteiger partial charge in [-0.3, -0.25) is 24.7 Å². The molecule has 0 atom stereocenters. The van der Waals surface area contributed by atoms with Crippen molar-refractivity contribution >= 4 is 52.2 Å². The topological polar surface area (TPSA) is 126 Å². The zero-order valence-corrected chi connectivity index (χ0v) is 18.1. The number of halogens is 1. The number of hydrogen-bond donors (Lipinski definition) is 3. The molecule has 0 bridgehead atoms. The molecular formula is C22H17ClN4O4S. The number of nitrogens with zero attached hydrogens (tertiary/aromatic N) is 1. The molecule has 3 amide bonds. The van der Waals surface area contributed by atoms with Gasteiger partial charge in [-0.15, -0.1) is 11.3 Å². The van der Waals surface area contributed by atoms with Gasteiger partial charge in [0, 0.05) is 0 Å². The maximum Gasteiger partial charge on any atom is 0.265 e. The third-order valence-corrected chi connectivity index (χ3v) is 5.91. The Morgan fingerprint density at radius 3 is 2.62 bits per heavy atom. The molecule has 4 rings (SSSR count). The summed E-state index contributed by atoms with van der Waals surface area (Å²) in [6.07, 6.45) is 0. The van der Waals surface area contributed by atoms with Crippen LogP contribution in [0.25, 0.3) is 0 Å². The highest BCUT2D eigenvalue weighted by Gasteiger charge is 2.37. The minimum Gasteiger partial charge on any atom is -0.486 e. The number of nitrogens with one attached hydrogen (secondary N) is 2. The number of amides is 3. The van der Waals surface area contributed by atoms with Gasteiger partial charge >= 0.3 is 0 Å². The van der Waals surface area contributed by atoms with Crippen LogP contribution in [0, 0.1) is 5.41 Å². The maximum absolute atomic E-state index is 13.1. The van der Waals surface area contributed by atoms with Gasteiger partial charge in [0.05, 0.1) is 32.6 Å². The SMILES string of the molecule is N=C(N)COc1cccc(CN2C(=O)c3cccc(NC(=O)c4ccc(Cl)s4)c3C2=O)c1. The summed E-state index contributed by atoms with van der Waals surface area (Å²) in [7, 11) is 0. The molecule has 0 spiro atoms. The molecule has 10 heteroatoms. The van der Waals surface area contributed by atoms with Crippen LogP contribution in [0.3, 0.4) is 0 Å². The molecule has 8 nitrogen and oxygen atoms in total. The van der Waals surface area contributed by atoms with Crippen LogP contribution < -0.4 is 15.8 Å². The number of hydrogen-bond acceptors (Lipinski definition) is 6. The molecule has 3 aromatic rings. The van der Waals surface area contributed by atoms with Gasteiger partial charge in [0.15, 0.2) is 0 Å². The van der Waals surface area contributed by atoms with E-state index < -0.39 is 17.7 Å². The largest absolute Gasteiger partial charge is 0.486 e. The molecule has 0 unspecified atom stereocenters. The van der Waals surface area contributed by atoms with Gasteiger partial charge in [-0.05, 0) is 42.0 Å². The Morgan fingerprint density at radius 1 is 1.12 bits per heavy atom. The second-order valence-corrected chi connectivity index (χ2v) is 8.66. The van der Waals surface area contributed by atoms with Crippen molar-refractivity contribution in [3.05, 3.63) is 80.5 Å². The fraction of sp³-hybridized carbons (Fsp3) is 0.0909. The van der Waals surface area contributed by atoms with Gasteiger partial charge in [0.25, 0.3) is 17.7 Å². The minimum absolute atomic E-state index is 0.0253. The van der Waals surface area contributed by atoms with E-state index in [0.29, 0.717) is 20.5 Å². The Labute approximate surface area is 192 Å². The summed E-state index contributed by atoms with van der Waals surface area (Å²) in [6.45, 7) is -0.0352. The number of thiophene rings is 1. The van der Waals surface area contributed by atoms with E-state index >= 15 is 0 Å². The number of rotatable bonds is 7. The van der Waals surface area contributed by atoms with Crippen LogP contribution in [-0.4, -0.2) is 35.1 Å². The molecule has 0 saturated heterocycles. The van der Waals surface area contributed by atoms with Crippen LogP contribution >= 0.6 is 22.9 Å². The van der Waals surface area contributed by atoms with Gasteiger partial charge in [-0.25, -0.2) is 0 Å². The lowest BCUT2D eigenvalue weighted by Crippen LogP contribution is -2.29. The van der Waals surface area contributed by atoms with Crippen molar-refractivity contribution in [1.29, 1.82) is 5.41 Å². The van der Waals surface area contributed by atoms with E-state index in [1.165, 1.54) is 0 Å². The van der Waals surface area contributed by atoms with Crippen molar-refractivity contribution in [1.82, 2.24) is 4.90 Å². The quantitative estimate of drug-likeness (QED) is 0.276. The molecule has 162 valence electrons. The molecule has 0 saturated carbocycles. The van der Waals surface area contributed by atoms with Crippen LogP contribution in [0.15, 0.2) is 54.6 Å². The molecule has 1 aliphatic rings. The normalized spacial score (nSPS) is 12.6. The van der Waals surface area contributed by atoms with E-state index in [0.717, 1.165) is 16.2 Å². The lowest BCUT2D eigenvalue weighted by molar-refractivity contribution is 0.0642. The molecule has 2 aromatic carbocycles. The van der Waals surface area contributed by atoms with Gasteiger partial charge in [-0.1, -0.05) is 29.8 Å². The first-order chi connectivity index (χ1) is 15.3. The molecule has 4 N–H and O–H groups in total. The van der Waals surface area contributed by atoms with Crippen molar-refractivity contribution in [3.63, 3.8) is 0 Å².